The number of nitrogens with zero attached hydrogens (tertiary/aromatic N) is 4. The van der Waals surface area contributed by atoms with Gasteiger partial charge in [-0.3, -0.25) is 9.98 Å². The van der Waals surface area contributed by atoms with Crippen LogP contribution in [0.15, 0.2) is 35.7 Å². The fourth-order valence-corrected chi connectivity index (χ4v) is 1.83. The highest BCUT2D eigenvalue weighted by atomic mass is 14.9. The van der Waals surface area contributed by atoms with Gasteiger partial charge in [-0.25, -0.2) is 9.97 Å². The van der Waals surface area contributed by atoms with E-state index >= 15 is 0 Å². The van der Waals surface area contributed by atoms with Crippen molar-refractivity contribution in [2.45, 2.75) is 6.42 Å². The SMILES string of the molecule is C1=NCCc2c1ncnc2-c1ccccn1. The molecule has 0 aromatic carbocycles. The molecule has 4 nitrogen and oxygen atoms in total. The lowest BCUT2D eigenvalue weighted by Crippen LogP contribution is -2.09. The Labute approximate surface area is 93.1 Å². The molecule has 0 unspecified atom stereocenters. The molecule has 0 atom stereocenters. The van der Waals surface area contributed by atoms with Crippen molar-refractivity contribution in [1.82, 2.24) is 15.0 Å². The van der Waals surface area contributed by atoms with Gasteiger partial charge in [-0.1, -0.05) is 6.07 Å². The molecule has 0 fully saturated rings. The van der Waals surface area contributed by atoms with Crippen LogP contribution in [-0.2, 0) is 6.42 Å². The van der Waals surface area contributed by atoms with Gasteiger partial charge < -0.3 is 0 Å². The third kappa shape index (κ3) is 1.48. The maximum atomic E-state index is 4.33. The summed E-state index contributed by atoms with van der Waals surface area (Å²) in [5, 5.41) is 0. The van der Waals surface area contributed by atoms with Crippen LogP contribution in [-0.4, -0.2) is 27.7 Å². The summed E-state index contributed by atoms with van der Waals surface area (Å²) < 4.78 is 0. The molecule has 3 heterocycles. The lowest BCUT2D eigenvalue weighted by molar-refractivity contribution is 0.918. The zero-order chi connectivity index (χ0) is 10.8. The number of hydrogen-bond donors (Lipinski definition) is 0. The molecule has 78 valence electrons. The van der Waals surface area contributed by atoms with Crippen molar-refractivity contribution in [3.63, 3.8) is 0 Å². The molecule has 0 bridgehead atoms. The monoisotopic (exact) mass is 210 g/mol. The Morgan fingerprint density at radius 2 is 2.06 bits per heavy atom. The maximum Gasteiger partial charge on any atom is 0.116 e. The van der Waals surface area contributed by atoms with E-state index in [0.29, 0.717) is 0 Å². The van der Waals surface area contributed by atoms with Crippen LogP contribution in [0.4, 0.5) is 0 Å². The van der Waals surface area contributed by atoms with E-state index < -0.39 is 0 Å². The standard InChI is InChI=1S/C12H10N4/c1-2-5-14-10(3-1)12-9-4-6-13-7-11(9)15-8-16-12/h1-3,5,7-8H,4,6H2. The number of rotatable bonds is 1. The zero-order valence-electron chi connectivity index (χ0n) is 8.67. The topological polar surface area (TPSA) is 51.0 Å². The summed E-state index contributed by atoms with van der Waals surface area (Å²) in [6, 6.07) is 5.83. The highest BCUT2D eigenvalue weighted by Crippen LogP contribution is 2.22. The summed E-state index contributed by atoms with van der Waals surface area (Å²) in [6.45, 7) is 0.806. The Kier molecular flexibility index (Phi) is 2.18. The Morgan fingerprint density at radius 1 is 1.06 bits per heavy atom. The Bertz CT molecular complexity index is 534. The predicted octanol–water partition coefficient (Wildman–Crippen LogP) is 1.51. The molecule has 0 radical (unpaired) electrons. The molecular formula is C12H10N4. The summed E-state index contributed by atoms with van der Waals surface area (Å²) in [5.41, 5.74) is 3.89. The number of fused-ring (bicyclic) bond motifs is 1. The van der Waals surface area contributed by atoms with E-state index in [9.17, 15) is 0 Å². The molecule has 0 aliphatic carbocycles. The van der Waals surface area contributed by atoms with E-state index in [-0.39, 0.29) is 0 Å². The normalized spacial score (nSPS) is 13.5. The van der Waals surface area contributed by atoms with Crippen LogP contribution in [0.3, 0.4) is 0 Å². The fourth-order valence-electron chi connectivity index (χ4n) is 1.83. The molecule has 2 aromatic heterocycles. The fraction of sp³-hybridized carbons (Fsp3) is 0.167. The molecule has 4 heteroatoms. The van der Waals surface area contributed by atoms with Crippen molar-refractivity contribution in [3.05, 3.63) is 42.0 Å². The first-order valence-corrected chi connectivity index (χ1v) is 5.20. The van der Waals surface area contributed by atoms with Crippen LogP contribution in [0, 0.1) is 0 Å². The Morgan fingerprint density at radius 3 is 2.94 bits per heavy atom. The molecule has 0 spiro atoms. The molecule has 1 aliphatic rings. The van der Waals surface area contributed by atoms with Crippen molar-refractivity contribution < 1.29 is 0 Å². The minimum absolute atomic E-state index is 0.806. The first-order valence-electron chi connectivity index (χ1n) is 5.20. The molecule has 3 rings (SSSR count). The van der Waals surface area contributed by atoms with Crippen molar-refractivity contribution in [3.8, 4) is 11.4 Å². The molecule has 0 saturated carbocycles. The second-order valence-corrected chi connectivity index (χ2v) is 3.59. The summed E-state index contributed by atoms with van der Waals surface area (Å²) >= 11 is 0. The van der Waals surface area contributed by atoms with E-state index in [2.05, 4.69) is 19.9 Å². The predicted molar refractivity (Wildman–Crippen MR) is 61.4 cm³/mol. The van der Waals surface area contributed by atoms with Gasteiger partial charge in [0.2, 0.25) is 0 Å². The number of hydrogen-bond acceptors (Lipinski definition) is 4. The number of pyridine rings is 1. The van der Waals surface area contributed by atoms with Gasteiger partial charge >= 0.3 is 0 Å². The second-order valence-electron chi connectivity index (χ2n) is 3.59. The molecular weight excluding hydrogens is 200 g/mol. The average molecular weight is 210 g/mol. The number of aromatic nitrogens is 3. The molecule has 0 saturated heterocycles. The third-order valence-corrected chi connectivity index (χ3v) is 2.59. The summed E-state index contributed by atoms with van der Waals surface area (Å²) in [4.78, 5) is 17.1. The maximum absolute atomic E-state index is 4.33. The van der Waals surface area contributed by atoms with Gasteiger partial charge in [0.15, 0.2) is 0 Å². The number of aliphatic imine (C=N–C) groups is 1. The molecule has 0 amide bonds. The van der Waals surface area contributed by atoms with Gasteiger partial charge in [0, 0.05) is 24.5 Å². The van der Waals surface area contributed by atoms with Crippen molar-refractivity contribution >= 4 is 6.21 Å². The van der Waals surface area contributed by atoms with Crippen molar-refractivity contribution in [1.29, 1.82) is 0 Å². The van der Waals surface area contributed by atoms with Crippen LogP contribution in [0.2, 0.25) is 0 Å². The summed E-state index contributed by atoms with van der Waals surface area (Å²) in [6.07, 6.45) is 6.05. The van der Waals surface area contributed by atoms with E-state index in [0.717, 1.165) is 35.6 Å². The zero-order valence-corrected chi connectivity index (χ0v) is 8.67. The highest BCUT2D eigenvalue weighted by Gasteiger charge is 2.14. The van der Waals surface area contributed by atoms with Crippen molar-refractivity contribution in [2.75, 3.05) is 6.54 Å². The Balaban J connectivity index is 2.19. The second kappa shape index (κ2) is 3.81. The smallest absolute Gasteiger partial charge is 0.116 e. The van der Waals surface area contributed by atoms with Crippen LogP contribution < -0.4 is 0 Å². The van der Waals surface area contributed by atoms with E-state index in [4.69, 9.17) is 0 Å². The summed E-state index contributed by atoms with van der Waals surface area (Å²) in [7, 11) is 0. The lowest BCUT2D eigenvalue weighted by atomic mass is 10.0. The minimum atomic E-state index is 0.806. The average Bonchev–Trinajstić information content (AvgIpc) is 2.39. The molecule has 0 N–H and O–H groups in total. The van der Waals surface area contributed by atoms with E-state index in [1.165, 1.54) is 0 Å². The van der Waals surface area contributed by atoms with Gasteiger partial charge in [0.1, 0.15) is 6.33 Å². The van der Waals surface area contributed by atoms with Gasteiger partial charge in [-0.05, 0) is 18.6 Å². The van der Waals surface area contributed by atoms with Gasteiger partial charge in [0.25, 0.3) is 0 Å². The van der Waals surface area contributed by atoms with Crippen LogP contribution in [0.1, 0.15) is 11.3 Å². The van der Waals surface area contributed by atoms with E-state index in [1.807, 2.05) is 24.4 Å². The van der Waals surface area contributed by atoms with Crippen LogP contribution in [0.25, 0.3) is 11.4 Å². The highest BCUT2D eigenvalue weighted by molar-refractivity contribution is 5.83. The largest absolute Gasteiger partial charge is 0.291 e. The molecule has 16 heavy (non-hydrogen) atoms. The minimum Gasteiger partial charge on any atom is -0.291 e. The van der Waals surface area contributed by atoms with Crippen LogP contribution >= 0.6 is 0 Å². The Hall–Kier alpha value is -2.10. The van der Waals surface area contributed by atoms with Gasteiger partial charge in [-0.15, -0.1) is 0 Å². The third-order valence-electron chi connectivity index (χ3n) is 2.59. The van der Waals surface area contributed by atoms with Gasteiger partial charge in [0.05, 0.1) is 17.1 Å². The van der Waals surface area contributed by atoms with Crippen molar-refractivity contribution in [2.24, 2.45) is 4.99 Å². The molecule has 1 aliphatic heterocycles. The first kappa shape index (κ1) is 9.15. The van der Waals surface area contributed by atoms with Gasteiger partial charge in [-0.2, -0.15) is 0 Å². The summed E-state index contributed by atoms with van der Waals surface area (Å²) in [5.74, 6) is 0. The quantitative estimate of drug-likeness (QED) is 0.717. The van der Waals surface area contributed by atoms with E-state index in [1.54, 1.807) is 12.5 Å². The van der Waals surface area contributed by atoms with Crippen LogP contribution in [0.5, 0.6) is 0 Å². The molecule has 2 aromatic rings. The lowest BCUT2D eigenvalue weighted by Gasteiger charge is -2.12. The first-order chi connectivity index (χ1) is 7.95.